The number of anilines is 1. The van der Waals surface area contributed by atoms with E-state index in [9.17, 15) is 4.79 Å². The number of carbonyl (C=O) groups is 1. The third-order valence-corrected chi connectivity index (χ3v) is 2.34. The van der Waals surface area contributed by atoms with Crippen molar-refractivity contribution in [3.8, 4) is 0 Å². The van der Waals surface area contributed by atoms with Gasteiger partial charge in [0.05, 0.1) is 5.52 Å². The lowest BCUT2D eigenvalue weighted by Crippen LogP contribution is -2.23. The summed E-state index contributed by atoms with van der Waals surface area (Å²) in [5.41, 5.74) is 1.66. The molecule has 1 aliphatic rings. The molecule has 1 aliphatic heterocycles. The minimum Gasteiger partial charge on any atom is -0.308 e. The Morgan fingerprint density at radius 2 is 2.43 bits per heavy atom. The number of amides is 1. The largest absolute Gasteiger partial charge is 0.308 e. The first kappa shape index (κ1) is 7.49. The Morgan fingerprint density at radius 1 is 1.50 bits per heavy atom. The quantitative estimate of drug-likeness (QED) is 0.664. The maximum atomic E-state index is 11.1. The second-order valence-electron chi connectivity index (χ2n) is 3.23. The monoisotopic (exact) mass is 188 g/mol. The Balaban J connectivity index is 2.29. The number of aromatic nitrogens is 3. The molecule has 5 heteroatoms. The number of hydrogen-bond donors (Lipinski definition) is 1. The van der Waals surface area contributed by atoms with Gasteiger partial charge in [-0.2, -0.15) is 4.98 Å². The normalized spacial score (nSPS) is 15.3. The van der Waals surface area contributed by atoms with Crippen molar-refractivity contribution in [2.45, 2.75) is 13.0 Å². The highest BCUT2D eigenvalue weighted by Crippen LogP contribution is 2.20. The van der Waals surface area contributed by atoms with E-state index >= 15 is 0 Å². The minimum atomic E-state index is 0.0211. The Labute approximate surface area is 79.8 Å². The van der Waals surface area contributed by atoms with Gasteiger partial charge in [0.2, 0.25) is 11.9 Å². The van der Waals surface area contributed by atoms with E-state index in [0.29, 0.717) is 24.6 Å². The summed E-state index contributed by atoms with van der Waals surface area (Å²) in [5, 5.41) is 2.72. The van der Waals surface area contributed by atoms with Gasteiger partial charge in [-0.25, -0.2) is 4.98 Å². The third-order valence-electron chi connectivity index (χ3n) is 2.34. The maximum absolute atomic E-state index is 11.1. The minimum absolute atomic E-state index is 0.0211. The molecule has 1 amide bonds. The number of rotatable bonds is 0. The van der Waals surface area contributed by atoms with Gasteiger partial charge >= 0.3 is 0 Å². The van der Waals surface area contributed by atoms with Gasteiger partial charge in [0, 0.05) is 19.2 Å². The summed E-state index contributed by atoms with van der Waals surface area (Å²) in [7, 11) is 0. The summed E-state index contributed by atoms with van der Waals surface area (Å²) in [6.45, 7) is 0.684. The number of hydrogen-bond acceptors (Lipinski definition) is 3. The van der Waals surface area contributed by atoms with Gasteiger partial charge in [-0.3, -0.25) is 10.1 Å². The first-order chi connectivity index (χ1) is 6.84. The summed E-state index contributed by atoms with van der Waals surface area (Å²) in [6, 6.07) is 3.82. The van der Waals surface area contributed by atoms with Crippen LogP contribution in [0.1, 0.15) is 6.42 Å². The number of pyridine rings is 1. The lowest BCUT2D eigenvalue weighted by atomic mass is 10.3. The zero-order valence-corrected chi connectivity index (χ0v) is 7.40. The highest BCUT2D eigenvalue weighted by Gasteiger charge is 2.18. The molecule has 1 N–H and O–H groups in total. The highest BCUT2D eigenvalue weighted by molar-refractivity contribution is 5.92. The molecule has 0 unspecified atom stereocenters. The highest BCUT2D eigenvalue weighted by atomic mass is 16.1. The summed E-state index contributed by atoms with van der Waals surface area (Å²) < 4.78 is 1.98. The van der Waals surface area contributed by atoms with Crippen LogP contribution in [0.2, 0.25) is 0 Å². The molecular weight excluding hydrogens is 180 g/mol. The van der Waals surface area contributed by atoms with Gasteiger partial charge in [-0.1, -0.05) is 0 Å². The van der Waals surface area contributed by atoms with Crippen molar-refractivity contribution in [2.75, 3.05) is 5.32 Å². The summed E-state index contributed by atoms with van der Waals surface area (Å²) >= 11 is 0. The molecule has 0 saturated carbocycles. The molecule has 0 radical (unpaired) electrons. The van der Waals surface area contributed by atoms with Crippen LogP contribution in [-0.2, 0) is 11.3 Å². The van der Waals surface area contributed by atoms with Crippen molar-refractivity contribution in [1.29, 1.82) is 0 Å². The van der Waals surface area contributed by atoms with Crippen molar-refractivity contribution >= 4 is 23.0 Å². The maximum Gasteiger partial charge on any atom is 0.228 e. The van der Waals surface area contributed by atoms with Crippen LogP contribution < -0.4 is 5.32 Å². The standard InChI is InChI=1S/C9H8N4O/c14-7-3-5-13-6-2-1-4-10-8(6)12-9(13)11-7/h1-2,4H,3,5H2,(H,10,11,12,14). The fourth-order valence-corrected chi connectivity index (χ4v) is 1.68. The van der Waals surface area contributed by atoms with Crippen LogP contribution in [0.15, 0.2) is 18.3 Å². The van der Waals surface area contributed by atoms with Gasteiger partial charge in [0.15, 0.2) is 5.65 Å². The zero-order chi connectivity index (χ0) is 9.54. The predicted octanol–water partition coefficient (Wildman–Crippen LogP) is 0.773. The van der Waals surface area contributed by atoms with Crippen LogP contribution in [0.3, 0.4) is 0 Å². The van der Waals surface area contributed by atoms with Crippen molar-refractivity contribution in [2.24, 2.45) is 0 Å². The molecule has 0 spiro atoms. The molecular formula is C9H8N4O. The Bertz CT molecular complexity index is 517. The van der Waals surface area contributed by atoms with E-state index in [1.54, 1.807) is 6.20 Å². The van der Waals surface area contributed by atoms with Gasteiger partial charge in [0.1, 0.15) is 0 Å². The van der Waals surface area contributed by atoms with Gasteiger partial charge in [0.25, 0.3) is 0 Å². The molecule has 2 aromatic heterocycles. The lowest BCUT2D eigenvalue weighted by molar-refractivity contribution is -0.116. The average Bonchev–Trinajstić information content (AvgIpc) is 2.54. The second kappa shape index (κ2) is 2.54. The van der Waals surface area contributed by atoms with Gasteiger partial charge in [-0.15, -0.1) is 0 Å². The molecule has 3 heterocycles. The van der Waals surface area contributed by atoms with E-state index in [1.165, 1.54) is 0 Å². The molecule has 14 heavy (non-hydrogen) atoms. The first-order valence-electron chi connectivity index (χ1n) is 4.46. The Morgan fingerprint density at radius 3 is 3.36 bits per heavy atom. The molecule has 70 valence electrons. The fourth-order valence-electron chi connectivity index (χ4n) is 1.68. The third kappa shape index (κ3) is 0.921. The van der Waals surface area contributed by atoms with Crippen LogP contribution in [0.5, 0.6) is 0 Å². The van der Waals surface area contributed by atoms with E-state index in [-0.39, 0.29) is 5.91 Å². The molecule has 0 saturated heterocycles. The van der Waals surface area contributed by atoms with E-state index in [0.717, 1.165) is 5.52 Å². The molecule has 5 nitrogen and oxygen atoms in total. The van der Waals surface area contributed by atoms with Crippen LogP contribution in [0.25, 0.3) is 11.2 Å². The Kier molecular flexibility index (Phi) is 1.36. The van der Waals surface area contributed by atoms with Crippen LogP contribution in [0, 0.1) is 0 Å². The molecule has 0 atom stereocenters. The smallest absolute Gasteiger partial charge is 0.228 e. The van der Waals surface area contributed by atoms with Crippen molar-refractivity contribution in [3.05, 3.63) is 18.3 Å². The molecule has 0 aromatic carbocycles. The first-order valence-corrected chi connectivity index (χ1v) is 4.46. The van der Waals surface area contributed by atoms with E-state index in [2.05, 4.69) is 15.3 Å². The SMILES string of the molecule is O=C1CCn2c(nc3ncccc32)N1. The lowest BCUT2D eigenvalue weighted by Gasteiger charge is -2.14. The zero-order valence-electron chi connectivity index (χ0n) is 7.40. The number of carbonyl (C=O) groups excluding carboxylic acids is 1. The van der Waals surface area contributed by atoms with Crippen LogP contribution in [-0.4, -0.2) is 20.4 Å². The number of nitrogens with one attached hydrogen (secondary N) is 1. The number of imidazole rings is 1. The predicted molar refractivity (Wildman–Crippen MR) is 50.8 cm³/mol. The Hall–Kier alpha value is -1.91. The van der Waals surface area contributed by atoms with E-state index in [1.807, 2.05) is 16.7 Å². The molecule has 0 aliphatic carbocycles. The van der Waals surface area contributed by atoms with Gasteiger partial charge in [-0.05, 0) is 12.1 Å². The van der Waals surface area contributed by atoms with Crippen molar-refractivity contribution < 1.29 is 4.79 Å². The molecule has 0 fully saturated rings. The van der Waals surface area contributed by atoms with Crippen molar-refractivity contribution in [3.63, 3.8) is 0 Å². The molecule has 2 aromatic rings. The van der Waals surface area contributed by atoms with Crippen LogP contribution >= 0.6 is 0 Å². The molecule has 3 rings (SSSR count). The number of aryl methyl sites for hydroxylation is 1. The summed E-state index contributed by atoms with van der Waals surface area (Å²) in [4.78, 5) is 19.5. The van der Waals surface area contributed by atoms with Gasteiger partial charge < -0.3 is 4.57 Å². The number of fused-ring (bicyclic) bond motifs is 3. The van der Waals surface area contributed by atoms with Crippen LogP contribution in [0.4, 0.5) is 5.95 Å². The summed E-state index contributed by atoms with van der Waals surface area (Å²) in [6.07, 6.45) is 2.20. The van der Waals surface area contributed by atoms with E-state index in [4.69, 9.17) is 0 Å². The number of nitrogens with zero attached hydrogens (tertiary/aromatic N) is 3. The second-order valence-corrected chi connectivity index (χ2v) is 3.23. The fraction of sp³-hybridized carbons (Fsp3) is 0.222. The van der Waals surface area contributed by atoms with E-state index < -0.39 is 0 Å². The average molecular weight is 188 g/mol. The summed E-state index contributed by atoms with van der Waals surface area (Å²) in [5.74, 6) is 0.628. The topological polar surface area (TPSA) is 59.8 Å². The molecule has 0 bridgehead atoms. The van der Waals surface area contributed by atoms with Crippen molar-refractivity contribution in [1.82, 2.24) is 14.5 Å².